The quantitative estimate of drug-likeness (QED) is 0.144. The van der Waals surface area contributed by atoms with Crippen molar-refractivity contribution in [1.29, 1.82) is 0 Å². The number of hydrogen-bond donors (Lipinski definition) is 1. The van der Waals surface area contributed by atoms with E-state index in [0.29, 0.717) is 53.3 Å². The number of aliphatic hydroxyl groups excluding tert-OH is 1. The number of aromatic nitrogens is 1. The highest BCUT2D eigenvalue weighted by Crippen LogP contribution is 2.46. The van der Waals surface area contributed by atoms with E-state index in [4.69, 9.17) is 19.2 Å². The number of thiazole rings is 1. The van der Waals surface area contributed by atoms with Crippen LogP contribution in [0, 0.1) is 6.92 Å². The highest BCUT2D eigenvalue weighted by Gasteiger charge is 2.48. The number of aliphatic hydroxyl groups is 1. The smallest absolute Gasteiger partial charge is 0.301 e. The Morgan fingerprint density at radius 2 is 1.60 bits per heavy atom. The van der Waals surface area contributed by atoms with Gasteiger partial charge in [0.25, 0.3) is 5.78 Å². The van der Waals surface area contributed by atoms with Crippen molar-refractivity contribution < 1.29 is 28.9 Å². The van der Waals surface area contributed by atoms with E-state index < -0.39 is 17.7 Å². The summed E-state index contributed by atoms with van der Waals surface area (Å²) in [5, 5.41) is 11.8. The molecule has 4 aromatic rings. The SMILES string of the molecule is CCOc1ccc(/C(O)=C2\C(=O)C(=O)N(c3nc4ccc(C)cc4s3)C2c2ccc(OCC)c(OCC)c2)cc1. The Labute approximate surface area is 236 Å². The van der Waals surface area contributed by atoms with Crippen LogP contribution in [0.25, 0.3) is 16.0 Å². The van der Waals surface area contributed by atoms with Gasteiger partial charge in [0.1, 0.15) is 11.5 Å². The third-order valence-electron chi connectivity index (χ3n) is 6.51. The zero-order valence-electron chi connectivity index (χ0n) is 22.8. The molecule has 8 nitrogen and oxygen atoms in total. The first kappa shape index (κ1) is 27.2. The van der Waals surface area contributed by atoms with Gasteiger partial charge in [0.05, 0.1) is 41.7 Å². The van der Waals surface area contributed by atoms with Crippen molar-refractivity contribution in [3.8, 4) is 17.2 Å². The number of hydrogen-bond acceptors (Lipinski definition) is 8. The van der Waals surface area contributed by atoms with Gasteiger partial charge in [0, 0.05) is 5.56 Å². The lowest BCUT2D eigenvalue weighted by Gasteiger charge is -2.24. The van der Waals surface area contributed by atoms with Crippen molar-refractivity contribution >= 4 is 44.1 Å². The van der Waals surface area contributed by atoms with Gasteiger partial charge in [-0.1, -0.05) is 23.5 Å². The van der Waals surface area contributed by atoms with Gasteiger partial charge >= 0.3 is 5.91 Å². The van der Waals surface area contributed by atoms with Crippen LogP contribution < -0.4 is 19.1 Å². The molecule has 206 valence electrons. The number of aryl methyl sites for hydroxylation is 1. The molecule has 0 saturated carbocycles. The average molecular weight is 559 g/mol. The molecule has 2 heterocycles. The number of rotatable bonds is 9. The number of amides is 1. The Balaban J connectivity index is 1.70. The minimum absolute atomic E-state index is 0.0313. The zero-order valence-corrected chi connectivity index (χ0v) is 23.6. The first-order chi connectivity index (χ1) is 19.4. The molecule has 0 bridgehead atoms. The van der Waals surface area contributed by atoms with Gasteiger partial charge in [0.2, 0.25) is 0 Å². The molecule has 1 aliphatic heterocycles. The lowest BCUT2D eigenvalue weighted by molar-refractivity contribution is -0.132. The second-order valence-electron chi connectivity index (χ2n) is 9.17. The summed E-state index contributed by atoms with van der Waals surface area (Å²) in [6.07, 6.45) is 0. The van der Waals surface area contributed by atoms with Crippen molar-refractivity contribution in [2.75, 3.05) is 24.7 Å². The second kappa shape index (κ2) is 11.4. The fourth-order valence-electron chi connectivity index (χ4n) is 4.74. The number of nitrogens with zero attached hydrogens (tertiary/aromatic N) is 2. The molecular formula is C31H30N2O6S. The number of benzene rings is 3. The molecule has 1 amide bonds. The minimum Gasteiger partial charge on any atom is -0.507 e. The number of ether oxygens (including phenoxy) is 3. The van der Waals surface area contributed by atoms with E-state index in [1.807, 2.05) is 45.9 Å². The first-order valence-electron chi connectivity index (χ1n) is 13.2. The molecule has 40 heavy (non-hydrogen) atoms. The van der Waals surface area contributed by atoms with Gasteiger partial charge in [-0.2, -0.15) is 0 Å². The van der Waals surface area contributed by atoms with Crippen molar-refractivity contribution in [3.05, 3.63) is 82.9 Å². The number of Topliss-reactive ketones (excluding diaryl/α,β-unsaturated/α-hetero) is 1. The molecule has 9 heteroatoms. The van der Waals surface area contributed by atoms with Crippen LogP contribution in [0.1, 0.15) is 43.5 Å². The molecule has 1 aromatic heterocycles. The monoisotopic (exact) mass is 558 g/mol. The van der Waals surface area contributed by atoms with Gasteiger partial charge in [-0.25, -0.2) is 4.98 Å². The van der Waals surface area contributed by atoms with Crippen LogP contribution in [0.5, 0.6) is 17.2 Å². The van der Waals surface area contributed by atoms with Crippen LogP contribution in [-0.4, -0.2) is 41.6 Å². The summed E-state index contributed by atoms with van der Waals surface area (Å²) in [7, 11) is 0. The van der Waals surface area contributed by atoms with Crippen LogP contribution in [0.2, 0.25) is 0 Å². The highest BCUT2D eigenvalue weighted by atomic mass is 32.1. The highest BCUT2D eigenvalue weighted by molar-refractivity contribution is 7.22. The maximum absolute atomic E-state index is 13.6. The van der Waals surface area contributed by atoms with Crippen molar-refractivity contribution in [2.45, 2.75) is 33.7 Å². The van der Waals surface area contributed by atoms with Crippen LogP contribution >= 0.6 is 11.3 Å². The van der Waals surface area contributed by atoms with Crippen molar-refractivity contribution in [1.82, 2.24) is 4.98 Å². The summed E-state index contributed by atoms with van der Waals surface area (Å²) >= 11 is 1.32. The Morgan fingerprint density at radius 1 is 0.900 bits per heavy atom. The number of fused-ring (bicyclic) bond motifs is 1. The van der Waals surface area contributed by atoms with E-state index in [1.165, 1.54) is 16.2 Å². The van der Waals surface area contributed by atoms with Gasteiger partial charge in [-0.15, -0.1) is 0 Å². The molecule has 0 spiro atoms. The maximum Gasteiger partial charge on any atom is 0.301 e. The van der Waals surface area contributed by atoms with Gasteiger partial charge in [-0.3, -0.25) is 14.5 Å². The molecule has 1 atom stereocenters. The Morgan fingerprint density at radius 3 is 2.30 bits per heavy atom. The second-order valence-corrected chi connectivity index (χ2v) is 10.2. The fraction of sp³-hybridized carbons (Fsp3) is 0.258. The molecule has 1 unspecified atom stereocenters. The van der Waals surface area contributed by atoms with E-state index in [1.54, 1.807) is 42.5 Å². The summed E-state index contributed by atoms with van der Waals surface area (Å²) in [4.78, 5) is 33.3. The fourth-order valence-corrected chi connectivity index (χ4v) is 5.83. The summed E-state index contributed by atoms with van der Waals surface area (Å²) in [5.41, 5.74) is 2.72. The van der Waals surface area contributed by atoms with Crippen LogP contribution in [-0.2, 0) is 9.59 Å². The lowest BCUT2D eigenvalue weighted by Crippen LogP contribution is -2.29. The summed E-state index contributed by atoms with van der Waals surface area (Å²) in [5.74, 6) is -0.175. The predicted octanol–water partition coefficient (Wildman–Crippen LogP) is 6.43. The summed E-state index contributed by atoms with van der Waals surface area (Å²) < 4.78 is 18.0. The van der Waals surface area contributed by atoms with Crippen LogP contribution in [0.3, 0.4) is 0 Å². The number of carbonyl (C=O) groups is 2. The number of ketones is 1. The molecule has 1 fully saturated rings. The van der Waals surface area contributed by atoms with Crippen molar-refractivity contribution in [3.63, 3.8) is 0 Å². The predicted molar refractivity (Wildman–Crippen MR) is 156 cm³/mol. The molecule has 1 aliphatic rings. The standard InChI is InChI=1S/C31H30N2O6S/c1-5-37-21-12-9-19(10-13-21)28(34)26-27(20-11-15-23(38-6-2)24(17-20)39-7-3)33(30(36)29(26)35)31-32-22-14-8-18(4)16-25(22)40-31/h8-17,27,34H,5-7H2,1-4H3/b28-26+. The zero-order chi connectivity index (χ0) is 28.4. The molecule has 1 saturated heterocycles. The van der Waals surface area contributed by atoms with Gasteiger partial charge in [0.15, 0.2) is 16.6 Å². The van der Waals surface area contributed by atoms with Gasteiger partial charge in [-0.05, 0) is 87.4 Å². The molecule has 0 aliphatic carbocycles. The minimum atomic E-state index is -0.942. The third-order valence-corrected chi connectivity index (χ3v) is 7.52. The Kier molecular flexibility index (Phi) is 7.75. The summed E-state index contributed by atoms with van der Waals surface area (Å²) in [6.45, 7) is 8.95. The average Bonchev–Trinajstić information content (AvgIpc) is 3.47. The van der Waals surface area contributed by atoms with E-state index in [9.17, 15) is 14.7 Å². The first-order valence-corrected chi connectivity index (χ1v) is 14.0. The Bertz CT molecular complexity index is 1610. The maximum atomic E-state index is 13.6. The molecule has 5 rings (SSSR count). The third kappa shape index (κ3) is 5.00. The lowest BCUT2D eigenvalue weighted by atomic mass is 9.95. The Hall–Kier alpha value is -4.37. The molecular weight excluding hydrogens is 528 g/mol. The normalized spacial score (nSPS) is 16.5. The van der Waals surface area contributed by atoms with E-state index >= 15 is 0 Å². The molecule has 3 aromatic carbocycles. The molecule has 0 radical (unpaired) electrons. The van der Waals surface area contributed by atoms with E-state index in [-0.39, 0.29) is 11.3 Å². The van der Waals surface area contributed by atoms with Crippen LogP contribution in [0.4, 0.5) is 5.13 Å². The number of carbonyl (C=O) groups excluding carboxylic acids is 2. The topological polar surface area (TPSA) is 98.2 Å². The van der Waals surface area contributed by atoms with Gasteiger partial charge < -0.3 is 19.3 Å². The van der Waals surface area contributed by atoms with Crippen molar-refractivity contribution in [2.24, 2.45) is 0 Å². The summed E-state index contributed by atoms with van der Waals surface area (Å²) in [6, 6.07) is 16.9. The largest absolute Gasteiger partial charge is 0.507 e. The van der Waals surface area contributed by atoms with E-state index in [0.717, 1.165) is 15.8 Å². The van der Waals surface area contributed by atoms with Crippen LogP contribution in [0.15, 0.2) is 66.2 Å². The van der Waals surface area contributed by atoms with E-state index in [2.05, 4.69) is 0 Å². The number of anilines is 1. The molecule has 1 N–H and O–H groups in total.